The summed E-state index contributed by atoms with van der Waals surface area (Å²) in [6.45, 7) is 2.56. The molecule has 0 saturated carbocycles. The largest absolute Gasteiger partial charge is 0.369 e. The van der Waals surface area contributed by atoms with Gasteiger partial charge in [-0.25, -0.2) is 0 Å². The van der Waals surface area contributed by atoms with Gasteiger partial charge in [-0.05, 0) is 30.7 Å². The van der Waals surface area contributed by atoms with E-state index >= 15 is 0 Å². The van der Waals surface area contributed by atoms with Crippen LogP contribution in [0.4, 0.5) is 0 Å². The first-order chi connectivity index (χ1) is 8.66. The predicted molar refractivity (Wildman–Crippen MR) is 77.2 cm³/mol. The molecule has 0 atom stereocenters. The van der Waals surface area contributed by atoms with E-state index in [1.54, 1.807) is 0 Å². The van der Waals surface area contributed by atoms with E-state index in [9.17, 15) is 4.79 Å². The Morgan fingerprint density at radius 3 is 2.72 bits per heavy atom. The van der Waals surface area contributed by atoms with Crippen LogP contribution in [-0.2, 0) is 11.3 Å². The van der Waals surface area contributed by atoms with E-state index in [2.05, 4.69) is 15.9 Å². The summed E-state index contributed by atoms with van der Waals surface area (Å²) in [5.41, 5.74) is 1.05. The maximum Gasteiger partial charge on any atom is 0.198 e. The number of rotatable bonds is 5. The van der Waals surface area contributed by atoms with Crippen molar-refractivity contribution in [1.82, 2.24) is 0 Å². The fraction of sp³-hybridized carbons (Fsp3) is 0.214. The molecule has 18 heavy (non-hydrogen) atoms. The molecule has 2 rings (SSSR count). The SMILES string of the molecule is Cc1ccc(C(=O)COCc2ccccc2Br)s1. The number of hydrogen-bond acceptors (Lipinski definition) is 3. The molecule has 0 aliphatic heterocycles. The monoisotopic (exact) mass is 324 g/mol. The van der Waals surface area contributed by atoms with Crippen LogP contribution in [0.3, 0.4) is 0 Å². The molecule has 1 heterocycles. The molecule has 0 unspecified atom stereocenters. The van der Waals surface area contributed by atoms with Crippen LogP contribution >= 0.6 is 27.3 Å². The summed E-state index contributed by atoms with van der Waals surface area (Å²) in [7, 11) is 0. The van der Waals surface area contributed by atoms with Gasteiger partial charge in [0.25, 0.3) is 0 Å². The van der Waals surface area contributed by atoms with Gasteiger partial charge in [-0.1, -0.05) is 34.1 Å². The van der Waals surface area contributed by atoms with Crippen molar-refractivity contribution in [3.8, 4) is 0 Å². The molecule has 2 nitrogen and oxygen atoms in total. The lowest BCUT2D eigenvalue weighted by atomic mass is 10.2. The van der Waals surface area contributed by atoms with E-state index in [0.29, 0.717) is 6.61 Å². The number of carbonyl (C=O) groups is 1. The van der Waals surface area contributed by atoms with Gasteiger partial charge in [-0.2, -0.15) is 0 Å². The van der Waals surface area contributed by atoms with Gasteiger partial charge in [-0.15, -0.1) is 11.3 Å². The average Bonchev–Trinajstić information content (AvgIpc) is 2.78. The highest BCUT2D eigenvalue weighted by Gasteiger charge is 2.08. The number of ether oxygens (including phenoxy) is 1. The van der Waals surface area contributed by atoms with Crippen LogP contribution < -0.4 is 0 Å². The van der Waals surface area contributed by atoms with E-state index in [4.69, 9.17) is 4.74 Å². The van der Waals surface area contributed by atoms with Gasteiger partial charge in [0.2, 0.25) is 0 Å². The second-order valence-corrected chi connectivity index (χ2v) is 6.06. The number of carbonyl (C=O) groups excluding carboxylic acids is 1. The van der Waals surface area contributed by atoms with Crippen LogP contribution in [0.5, 0.6) is 0 Å². The summed E-state index contributed by atoms with van der Waals surface area (Å²) in [6.07, 6.45) is 0. The van der Waals surface area contributed by atoms with Gasteiger partial charge in [0.05, 0.1) is 11.5 Å². The van der Waals surface area contributed by atoms with Gasteiger partial charge in [0, 0.05) is 9.35 Å². The third-order valence-corrected chi connectivity index (χ3v) is 4.28. The molecule has 0 N–H and O–H groups in total. The van der Waals surface area contributed by atoms with Crippen molar-refractivity contribution in [2.24, 2.45) is 0 Å². The summed E-state index contributed by atoms with van der Waals surface area (Å²) in [6, 6.07) is 11.6. The molecular formula is C14H13BrO2S. The summed E-state index contributed by atoms with van der Waals surface area (Å²) in [4.78, 5) is 13.7. The first-order valence-electron chi connectivity index (χ1n) is 5.57. The van der Waals surface area contributed by atoms with Gasteiger partial charge in [-0.3, -0.25) is 4.79 Å². The Morgan fingerprint density at radius 1 is 1.28 bits per heavy atom. The zero-order valence-corrected chi connectivity index (χ0v) is 12.4. The Labute approximate surface area is 119 Å². The summed E-state index contributed by atoms with van der Waals surface area (Å²) >= 11 is 4.96. The Bertz CT molecular complexity index is 548. The Balaban J connectivity index is 1.86. The molecule has 1 aromatic heterocycles. The van der Waals surface area contributed by atoms with Crippen molar-refractivity contribution in [2.75, 3.05) is 6.61 Å². The lowest BCUT2D eigenvalue weighted by Gasteiger charge is -2.04. The van der Waals surface area contributed by atoms with Crippen molar-refractivity contribution in [3.63, 3.8) is 0 Å². The fourth-order valence-corrected chi connectivity index (χ4v) is 2.72. The van der Waals surface area contributed by atoms with E-state index < -0.39 is 0 Å². The number of benzene rings is 1. The quantitative estimate of drug-likeness (QED) is 0.770. The second kappa shape index (κ2) is 6.27. The van der Waals surface area contributed by atoms with Crippen molar-refractivity contribution in [3.05, 3.63) is 56.2 Å². The van der Waals surface area contributed by atoms with E-state index in [-0.39, 0.29) is 12.4 Å². The molecule has 0 saturated heterocycles. The van der Waals surface area contributed by atoms with Crippen LogP contribution in [0.25, 0.3) is 0 Å². The van der Waals surface area contributed by atoms with Crippen LogP contribution in [0, 0.1) is 6.92 Å². The normalized spacial score (nSPS) is 10.6. The topological polar surface area (TPSA) is 26.3 Å². The highest BCUT2D eigenvalue weighted by atomic mass is 79.9. The molecule has 0 spiro atoms. The van der Waals surface area contributed by atoms with Crippen molar-refractivity contribution in [2.45, 2.75) is 13.5 Å². The fourth-order valence-electron chi connectivity index (χ4n) is 1.52. The molecule has 0 aliphatic rings. The number of halogens is 1. The number of thiophene rings is 1. The van der Waals surface area contributed by atoms with Gasteiger partial charge in [0.15, 0.2) is 5.78 Å². The molecule has 2 aromatic rings. The van der Waals surface area contributed by atoms with Gasteiger partial charge < -0.3 is 4.74 Å². The molecule has 0 bridgehead atoms. The van der Waals surface area contributed by atoms with Gasteiger partial charge in [0.1, 0.15) is 6.61 Å². The first kappa shape index (κ1) is 13.5. The maximum absolute atomic E-state index is 11.8. The molecule has 1 aromatic carbocycles. The van der Waals surface area contributed by atoms with Crippen LogP contribution in [-0.4, -0.2) is 12.4 Å². The Hall–Kier alpha value is -0.970. The summed E-state index contributed by atoms with van der Waals surface area (Å²) < 4.78 is 6.46. The number of hydrogen-bond donors (Lipinski definition) is 0. The first-order valence-corrected chi connectivity index (χ1v) is 7.18. The zero-order valence-electron chi connectivity index (χ0n) is 9.98. The highest BCUT2D eigenvalue weighted by molar-refractivity contribution is 9.10. The molecule has 0 amide bonds. The van der Waals surface area contributed by atoms with E-state index in [1.807, 2.05) is 43.3 Å². The lowest BCUT2D eigenvalue weighted by molar-refractivity contribution is 0.0729. The number of aryl methyl sites for hydroxylation is 1. The molecule has 0 aliphatic carbocycles. The Kier molecular flexibility index (Phi) is 4.69. The smallest absolute Gasteiger partial charge is 0.198 e. The maximum atomic E-state index is 11.8. The minimum absolute atomic E-state index is 0.0418. The third kappa shape index (κ3) is 3.51. The standard InChI is InChI=1S/C14H13BrO2S/c1-10-6-7-14(18-10)13(16)9-17-8-11-4-2-3-5-12(11)15/h2-7H,8-9H2,1H3. The highest BCUT2D eigenvalue weighted by Crippen LogP contribution is 2.18. The molecule has 0 radical (unpaired) electrons. The van der Waals surface area contributed by atoms with Crippen LogP contribution in [0.2, 0.25) is 0 Å². The van der Waals surface area contributed by atoms with Crippen molar-refractivity contribution < 1.29 is 9.53 Å². The predicted octanol–water partition coefficient (Wildman–Crippen LogP) is 4.22. The zero-order chi connectivity index (χ0) is 13.0. The summed E-state index contributed by atoms with van der Waals surface area (Å²) in [5, 5.41) is 0. The Morgan fingerprint density at radius 2 is 2.06 bits per heavy atom. The van der Waals surface area contributed by atoms with E-state index in [1.165, 1.54) is 11.3 Å². The third-order valence-electron chi connectivity index (χ3n) is 2.46. The average molecular weight is 325 g/mol. The number of Topliss-reactive ketones (excluding diaryl/α,β-unsaturated/α-hetero) is 1. The molecular weight excluding hydrogens is 312 g/mol. The molecule has 0 fully saturated rings. The minimum atomic E-state index is 0.0418. The molecule has 4 heteroatoms. The second-order valence-electron chi connectivity index (χ2n) is 3.92. The van der Waals surface area contributed by atoms with Crippen LogP contribution in [0.1, 0.15) is 20.1 Å². The summed E-state index contributed by atoms with van der Waals surface area (Å²) in [5.74, 6) is 0.0418. The van der Waals surface area contributed by atoms with Crippen molar-refractivity contribution >= 4 is 33.0 Å². The van der Waals surface area contributed by atoms with Crippen LogP contribution in [0.15, 0.2) is 40.9 Å². The number of ketones is 1. The lowest BCUT2D eigenvalue weighted by Crippen LogP contribution is -2.07. The van der Waals surface area contributed by atoms with E-state index in [0.717, 1.165) is 19.8 Å². The van der Waals surface area contributed by atoms with Crippen molar-refractivity contribution in [1.29, 1.82) is 0 Å². The molecule has 94 valence electrons. The minimum Gasteiger partial charge on any atom is -0.369 e. The van der Waals surface area contributed by atoms with Gasteiger partial charge >= 0.3 is 0 Å².